The molecule has 9 heteroatoms. The molecule has 0 aromatic carbocycles. The molecule has 0 aliphatic rings. The predicted molar refractivity (Wildman–Crippen MR) is 43.7 cm³/mol. The Morgan fingerprint density at radius 2 is 1.93 bits per heavy atom. The third kappa shape index (κ3) is 7.35. The first-order valence-corrected chi connectivity index (χ1v) is 5.58. The molecular formula is C6H10F3O5P. The molecule has 0 spiro atoms. The molecule has 0 amide bonds. The van der Waals surface area contributed by atoms with Gasteiger partial charge in [0.15, 0.2) is 6.61 Å². The largest absolute Gasteiger partial charge is 0.481 e. The molecule has 0 bridgehead atoms. The lowest BCUT2D eigenvalue weighted by atomic mass is 10.7. The van der Waals surface area contributed by atoms with Crippen molar-refractivity contribution in [1.82, 2.24) is 0 Å². The molecule has 0 aliphatic carbocycles. The summed E-state index contributed by atoms with van der Waals surface area (Å²) >= 11 is 0. The first-order chi connectivity index (χ1) is 6.68. The highest BCUT2D eigenvalue weighted by Crippen LogP contribution is 2.48. The Kier molecular flexibility index (Phi) is 5.27. The molecule has 1 N–H and O–H groups in total. The lowest BCUT2D eigenvalue weighted by Crippen LogP contribution is -2.18. The minimum Gasteiger partial charge on any atom is -0.481 e. The second-order valence-electron chi connectivity index (χ2n) is 2.47. The molecule has 0 saturated carbocycles. The van der Waals surface area contributed by atoms with Crippen molar-refractivity contribution in [1.29, 1.82) is 0 Å². The summed E-state index contributed by atoms with van der Waals surface area (Å²) in [6, 6.07) is 0. The maximum atomic E-state index is 11.7. The minimum atomic E-state index is -4.68. The van der Waals surface area contributed by atoms with E-state index in [2.05, 4.69) is 9.05 Å². The first kappa shape index (κ1) is 14.4. The number of rotatable bonds is 6. The molecular weight excluding hydrogens is 240 g/mol. The van der Waals surface area contributed by atoms with Crippen molar-refractivity contribution in [2.45, 2.75) is 13.1 Å². The van der Waals surface area contributed by atoms with Crippen LogP contribution < -0.4 is 0 Å². The van der Waals surface area contributed by atoms with Gasteiger partial charge in [-0.05, 0) is 6.92 Å². The highest BCUT2D eigenvalue weighted by atomic mass is 31.2. The quantitative estimate of drug-likeness (QED) is 0.728. The number of hydrogen-bond acceptors (Lipinski definition) is 4. The van der Waals surface area contributed by atoms with Crippen molar-refractivity contribution in [2.24, 2.45) is 0 Å². The van der Waals surface area contributed by atoms with E-state index in [0.717, 1.165) is 0 Å². The molecule has 0 radical (unpaired) electrons. The van der Waals surface area contributed by atoms with Crippen molar-refractivity contribution in [3.63, 3.8) is 0 Å². The molecule has 15 heavy (non-hydrogen) atoms. The van der Waals surface area contributed by atoms with Crippen LogP contribution in [0.2, 0.25) is 0 Å². The number of hydrogen-bond donors (Lipinski definition) is 1. The first-order valence-electron chi connectivity index (χ1n) is 3.85. The van der Waals surface area contributed by atoms with Crippen molar-refractivity contribution >= 4 is 13.6 Å². The molecule has 0 saturated heterocycles. The van der Waals surface area contributed by atoms with Gasteiger partial charge in [-0.2, -0.15) is 13.2 Å². The van der Waals surface area contributed by atoms with Gasteiger partial charge in [0.25, 0.3) is 0 Å². The van der Waals surface area contributed by atoms with Crippen LogP contribution in [-0.2, 0) is 18.4 Å². The lowest BCUT2D eigenvalue weighted by Gasteiger charge is -2.16. The van der Waals surface area contributed by atoms with Gasteiger partial charge >= 0.3 is 19.7 Å². The highest BCUT2D eigenvalue weighted by molar-refractivity contribution is 7.54. The number of carboxylic acids is 1. The summed E-state index contributed by atoms with van der Waals surface area (Å²) in [4.78, 5) is 10.2. The number of aliphatic carboxylic acids is 1. The average Bonchev–Trinajstić information content (AvgIpc) is 1.99. The monoisotopic (exact) mass is 250 g/mol. The van der Waals surface area contributed by atoms with Crippen molar-refractivity contribution in [2.75, 3.05) is 19.4 Å². The van der Waals surface area contributed by atoms with E-state index in [1.54, 1.807) is 0 Å². The van der Waals surface area contributed by atoms with Gasteiger partial charge in [0.2, 0.25) is 0 Å². The highest BCUT2D eigenvalue weighted by Gasteiger charge is 2.35. The SMILES string of the molecule is CCOP(=O)(CC(=O)O)OCC(F)(F)F. The van der Waals surface area contributed by atoms with Gasteiger partial charge in [0.1, 0.15) is 6.16 Å². The molecule has 1 atom stereocenters. The van der Waals surface area contributed by atoms with Crippen LogP contribution in [0.25, 0.3) is 0 Å². The van der Waals surface area contributed by atoms with Crippen LogP contribution in [0.4, 0.5) is 13.2 Å². The Morgan fingerprint density at radius 3 is 2.27 bits per heavy atom. The molecule has 0 heterocycles. The van der Waals surface area contributed by atoms with Crippen LogP contribution in [0, 0.1) is 0 Å². The van der Waals surface area contributed by atoms with Crippen LogP contribution in [0.5, 0.6) is 0 Å². The van der Waals surface area contributed by atoms with E-state index >= 15 is 0 Å². The summed E-state index contributed by atoms with van der Waals surface area (Å²) in [6.07, 6.45) is -5.76. The van der Waals surface area contributed by atoms with Gasteiger partial charge in [-0.3, -0.25) is 13.9 Å². The smallest absolute Gasteiger partial charge is 0.412 e. The van der Waals surface area contributed by atoms with Gasteiger partial charge in [0, 0.05) is 0 Å². The maximum absolute atomic E-state index is 11.7. The van der Waals surface area contributed by atoms with E-state index in [0.29, 0.717) is 0 Å². The number of halogens is 3. The summed E-state index contributed by atoms with van der Waals surface area (Å²) in [6.45, 7) is -0.620. The van der Waals surface area contributed by atoms with Gasteiger partial charge in [-0.25, -0.2) is 0 Å². The predicted octanol–water partition coefficient (Wildman–Crippen LogP) is 1.88. The summed E-state index contributed by atoms with van der Waals surface area (Å²) in [5, 5.41) is 8.29. The third-order valence-corrected chi connectivity index (χ3v) is 2.91. The van der Waals surface area contributed by atoms with Gasteiger partial charge in [0.05, 0.1) is 6.61 Å². The molecule has 0 aromatic heterocycles. The molecule has 5 nitrogen and oxygen atoms in total. The Morgan fingerprint density at radius 1 is 1.40 bits per heavy atom. The van der Waals surface area contributed by atoms with Crippen molar-refractivity contribution in [3.05, 3.63) is 0 Å². The summed E-state index contributed by atoms with van der Waals surface area (Å²) in [5.41, 5.74) is 0. The summed E-state index contributed by atoms with van der Waals surface area (Å²) in [5.74, 6) is -1.55. The van der Waals surface area contributed by atoms with Gasteiger partial charge in [-0.15, -0.1) is 0 Å². The third-order valence-electron chi connectivity index (χ3n) is 1.08. The minimum absolute atomic E-state index is 0.192. The van der Waals surface area contributed by atoms with Crippen LogP contribution in [0.3, 0.4) is 0 Å². The molecule has 90 valence electrons. The van der Waals surface area contributed by atoms with E-state index < -0.39 is 32.5 Å². The molecule has 0 aliphatic heterocycles. The van der Waals surface area contributed by atoms with Crippen LogP contribution in [0.15, 0.2) is 0 Å². The average molecular weight is 250 g/mol. The fraction of sp³-hybridized carbons (Fsp3) is 0.833. The maximum Gasteiger partial charge on any atom is 0.412 e. The van der Waals surface area contributed by atoms with Gasteiger partial charge < -0.3 is 9.63 Å². The molecule has 0 fully saturated rings. The van der Waals surface area contributed by atoms with Crippen LogP contribution in [0.1, 0.15) is 6.92 Å². The molecule has 0 aromatic rings. The molecule has 0 rings (SSSR count). The van der Waals surface area contributed by atoms with E-state index in [1.165, 1.54) is 6.92 Å². The second kappa shape index (κ2) is 5.48. The van der Waals surface area contributed by atoms with E-state index in [-0.39, 0.29) is 6.61 Å². The number of carbonyl (C=O) groups is 1. The van der Waals surface area contributed by atoms with E-state index in [4.69, 9.17) is 5.11 Å². The number of alkyl halides is 3. The normalized spacial score (nSPS) is 16.0. The summed E-state index contributed by atoms with van der Waals surface area (Å²) < 4.78 is 54.8. The van der Waals surface area contributed by atoms with Crippen molar-refractivity contribution in [3.8, 4) is 0 Å². The standard InChI is InChI=1S/C6H10F3O5P/c1-2-13-15(12,3-5(10)11)14-4-6(7,8)9/h2-4H2,1H3,(H,10,11). The zero-order valence-electron chi connectivity index (χ0n) is 7.78. The zero-order valence-corrected chi connectivity index (χ0v) is 8.68. The van der Waals surface area contributed by atoms with Crippen LogP contribution in [-0.4, -0.2) is 36.6 Å². The number of carboxylic acid groups (broad SMARTS) is 1. The Labute approximate surface area is 83.7 Å². The zero-order chi connectivity index (χ0) is 12.1. The Bertz CT molecular complexity index is 264. The second-order valence-corrected chi connectivity index (χ2v) is 4.52. The lowest BCUT2D eigenvalue weighted by molar-refractivity contribution is -0.156. The fourth-order valence-corrected chi connectivity index (χ4v) is 1.99. The van der Waals surface area contributed by atoms with Gasteiger partial charge in [-0.1, -0.05) is 0 Å². The van der Waals surface area contributed by atoms with E-state index in [9.17, 15) is 22.5 Å². The summed E-state index contributed by atoms with van der Waals surface area (Å²) in [7, 11) is -4.19. The van der Waals surface area contributed by atoms with Crippen LogP contribution >= 0.6 is 7.60 Å². The Hall–Kier alpha value is -0.590. The van der Waals surface area contributed by atoms with Crippen molar-refractivity contribution < 1.29 is 36.7 Å². The Balaban J connectivity index is 4.38. The fourth-order valence-electron chi connectivity index (χ4n) is 0.662. The topological polar surface area (TPSA) is 72.8 Å². The van der Waals surface area contributed by atoms with E-state index in [1.807, 2.05) is 0 Å². The molecule has 1 unspecified atom stereocenters.